The normalized spacial score (nSPS) is 11.2. The van der Waals surface area contributed by atoms with Gasteiger partial charge in [0.25, 0.3) is 0 Å². The third-order valence-electron chi connectivity index (χ3n) is 2.57. The smallest absolute Gasteiger partial charge is 0.387 e. The van der Waals surface area contributed by atoms with Gasteiger partial charge in [0.15, 0.2) is 11.6 Å². The number of ether oxygens (including phenoxy) is 1. The summed E-state index contributed by atoms with van der Waals surface area (Å²) in [5.74, 6) is -1.52. The fraction of sp³-hybridized carbons (Fsp3) is 0.500. The summed E-state index contributed by atoms with van der Waals surface area (Å²) in [4.78, 5) is 1.67. The van der Waals surface area contributed by atoms with Crippen molar-refractivity contribution in [3.05, 3.63) is 17.9 Å². The average Bonchev–Trinajstić information content (AvgIpc) is 2.29. The molecule has 108 valence electrons. The predicted octanol–water partition coefficient (Wildman–Crippen LogP) is 2.22. The van der Waals surface area contributed by atoms with Gasteiger partial charge in [0.2, 0.25) is 0 Å². The Morgan fingerprint density at radius 1 is 1.37 bits per heavy atom. The number of nitrogens with two attached hydrogens (primary N) is 1. The van der Waals surface area contributed by atoms with Crippen molar-refractivity contribution in [2.45, 2.75) is 26.5 Å². The Morgan fingerprint density at radius 3 is 2.47 bits per heavy atom. The number of hydrogen-bond donors (Lipinski definition) is 2. The Labute approximate surface area is 109 Å². The highest BCUT2D eigenvalue weighted by molar-refractivity contribution is 5.70. The lowest BCUT2D eigenvalue weighted by Crippen LogP contribution is -2.34. The van der Waals surface area contributed by atoms with Crippen LogP contribution in [0.25, 0.3) is 0 Å². The monoisotopic (exact) mass is 278 g/mol. The van der Waals surface area contributed by atoms with Crippen LogP contribution >= 0.6 is 0 Å². The molecule has 1 aromatic rings. The summed E-state index contributed by atoms with van der Waals surface area (Å²) in [5, 5.41) is 9.00. The molecule has 0 bridgehead atoms. The molecule has 1 rings (SSSR count). The molecule has 0 heterocycles. The van der Waals surface area contributed by atoms with E-state index in [-0.39, 0.29) is 24.9 Å². The number of benzene rings is 1. The van der Waals surface area contributed by atoms with Gasteiger partial charge in [-0.15, -0.1) is 0 Å². The second-order valence-electron chi connectivity index (χ2n) is 4.23. The van der Waals surface area contributed by atoms with Crippen molar-refractivity contribution in [3.8, 4) is 5.75 Å². The summed E-state index contributed by atoms with van der Waals surface area (Å²) in [6.07, 6.45) is 0. The van der Waals surface area contributed by atoms with E-state index in [9.17, 15) is 13.2 Å². The molecule has 19 heavy (non-hydrogen) atoms. The summed E-state index contributed by atoms with van der Waals surface area (Å²) in [6.45, 7) is 0.677. The van der Waals surface area contributed by atoms with E-state index in [2.05, 4.69) is 4.74 Å². The lowest BCUT2D eigenvalue weighted by Gasteiger charge is -2.29. The second-order valence-corrected chi connectivity index (χ2v) is 4.23. The molecule has 0 saturated carbocycles. The lowest BCUT2D eigenvalue weighted by molar-refractivity contribution is -0.0521. The maximum Gasteiger partial charge on any atom is 0.387 e. The predicted molar refractivity (Wildman–Crippen MR) is 67.0 cm³/mol. The molecule has 3 N–H and O–H groups in total. The third-order valence-corrected chi connectivity index (χ3v) is 2.57. The van der Waals surface area contributed by atoms with Gasteiger partial charge in [-0.3, -0.25) is 0 Å². The van der Waals surface area contributed by atoms with E-state index >= 15 is 0 Å². The van der Waals surface area contributed by atoms with Crippen LogP contribution in [0.4, 0.5) is 24.5 Å². The molecule has 0 amide bonds. The van der Waals surface area contributed by atoms with Crippen LogP contribution in [0, 0.1) is 5.82 Å². The zero-order chi connectivity index (χ0) is 14.6. The molecule has 0 unspecified atom stereocenters. The van der Waals surface area contributed by atoms with Crippen LogP contribution in [-0.2, 0) is 0 Å². The Bertz CT molecular complexity index is 428. The maximum atomic E-state index is 13.4. The minimum absolute atomic E-state index is 0.0423. The largest absolute Gasteiger partial charge is 0.432 e. The number of alkyl halides is 2. The number of aliphatic hydroxyl groups is 1. The van der Waals surface area contributed by atoms with Crippen LogP contribution in [0.5, 0.6) is 5.75 Å². The second kappa shape index (κ2) is 6.51. The van der Waals surface area contributed by atoms with Gasteiger partial charge in [0.05, 0.1) is 18.0 Å². The summed E-state index contributed by atoms with van der Waals surface area (Å²) < 4.78 is 41.9. The van der Waals surface area contributed by atoms with Gasteiger partial charge in [0.1, 0.15) is 0 Å². The fourth-order valence-electron chi connectivity index (χ4n) is 1.76. The topological polar surface area (TPSA) is 58.7 Å². The summed E-state index contributed by atoms with van der Waals surface area (Å²) >= 11 is 0. The van der Waals surface area contributed by atoms with E-state index in [1.54, 1.807) is 4.90 Å². The van der Waals surface area contributed by atoms with Crippen LogP contribution in [0.2, 0.25) is 0 Å². The van der Waals surface area contributed by atoms with Crippen molar-refractivity contribution in [2.24, 2.45) is 0 Å². The third kappa shape index (κ3) is 3.92. The number of nitrogens with zero attached hydrogens (tertiary/aromatic N) is 1. The molecule has 0 fully saturated rings. The van der Waals surface area contributed by atoms with Crippen molar-refractivity contribution in [1.29, 1.82) is 0 Å². The van der Waals surface area contributed by atoms with Gasteiger partial charge in [-0.05, 0) is 13.8 Å². The van der Waals surface area contributed by atoms with Crippen molar-refractivity contribution in [2.75, 3.05) is 23.8 Å². The van der Waals surface area contributed by atoms with E-state index in [1.807, 2.05) is 13.8 Å². The van der Waals surface area contributed by atoms with Crippen molar-refractivity contribution in [3.63, 3.8) is 0 Å². The SMILES string of the molecule is CC(C)N(CCO)c1cc(OC(F)F)c(F)cc1N. The van der Waals surface area contributed by atoms with E-state index in [0.717, 1.165) is 12.1 Å². The molecule has 0 spiro atoms. The summed E-state index contributed by atoms with van der Waals surface area (Å²) in [6, 6.07) is 2.01. The molecule has 0 saturated heterocycles. The highest BCUT2D eigenvalue weighted by atomic mass is 19.3. The Kier molecular flexibility index (Phi) is 5.29. The number of rotatable bonds is 6. The van der Waals surface area contributed by atoms with E-state index in [1.165, 1.54) is 0 Å². The molecule has 0 aliphatic heterocycles. The Hall–Kier alpha value is -1.63. The number of nitrogen functional groups attached to an aromatic ring is 1. The van der Waals surface area contributed by atoms with Gasteiger partial charge in [-0.1, -0.05) is 0 Å². The summed E-state index contributed by atoms with van der Waals surface area (Å²) in [5.41, 5.74) is 6.13. The van der Waals surface area contributed by atoms with E-state index < -0.39 is 18.2 Å². The van der Waals surface area contributed by atoms with Crippen molar-refractivity contribution < 1.29 is 23.0 Å². The standard InChI is InChI=1S/C12H17F3N2O2/c1-7(2)17(3-4-18)10-6-11(19-12(14)15)8(13)5-9(10)16/h5-7,12,18H,3-4,16H2,1-2H3. The quantitative estimate of drug-likeness (QED) is 0.783. The molecule has 1 aromatic carbocycles. The number of aliphatic hydroxyl groups excluding tert-OH is 1. The average molecular weight is 278 g/mol. The first-order valence-corrected chi connectivity index (χ1v) is 5.78. The zero-order valence-corrected chi connectivity index (χ0v) is 10.7. The highest BCUT2D eigenvalue weighted by Crippen LogP contribution is 2.32. The molecule has 0 atom stereocenters. The Balaban J connectivity index is 3.17. The first kappa shape index (κ1) is 15.4. The number of halogens is 3. The van der Waals surface area contributed by atoms with Crippen molar-refractivity contribution >= 4 is 11.4 Å². The van der Waals surface area contributed by atoms with E-state index in [4.69, 9.17) is 10.8 Å². The van der Waals surface area contributed by atoms with Gasteiger partial charge >= 0.3 is 6.61 Å². The van der Waals surface area contributed by atoms with Crippen LogP contribution in [0.1, 0.15) is 13.8 Å². The van der Waals surface area contributed by atoms with Gasteiger partial charge in [-0.2, -0.15) is 8.78 Å². The van der Waals surface area contributed by atoms with Crippen LogP contribution in [-0.4, -0.2) is 30.9 Å². The van der Waals surface area contributed by atoms with Crippen LogP contribution in [0.15, 0.2) is 12.1 Å². The number of hydrogen-bond acceptors (Lipinski definition) is 4. The molecule has 0 aliphatic carbocycles. The maximum absolute atomic E-state index is 13.4. The van der Waals surface area contributed by atoms with E-state index in [0.29, 0.717) is 5.69 Å². The minimum Gasteiger partial charge on any atom is -0.432 e. The van der Waals surface area contributed by atoms with Crippen LogP contribution in [0.3, 0.4) is 0 Å². The lowest BCUT2D eigenvalue weighted by atomic mass is 10.2. The highest BCUT2D eigenvalue weighted by Gasteiger charge is 2.18. The minimum atomic E-state index is -3.11. The molecule has 4 nitrogen and oxygen atoms in total. The first-order valence-electron chi connectivity index (χ1n) is 5.78. The molecule has 7 heteroatoms. The summed E-state index contributed by atoms with van der Waals surface area (Å²) in [7, 11) is 0. The van der Waals surface area contributed by atoms with Gasteiger partial charge in [0, 0.05) is 24.7 Å². The molecule has 0 radical (unpaired) electrons. The van der Waals surface area contributed by atoms with Gasteiger partial charge in [-0.25, -0.2) is 4.39 Å². The van der Waals surface area contributed by atoms with Gasteiger partial charge < -0.3 is 20.5 Å². The molecular formula is C12H17F3N2O2. The molecule has 0 aromatic heterocycles. The van der Waals surface area contributed by atoms with Crippen LogP contribution < -0.4 is 15.4 Å². The Morgan fingerprint density at radius 2 is 2.00 bits per heavy atom. The van der Waals surface area contributed by atoms with Crippen molar-refractivity contribution in [1.82, 2.24) is 0 Å². The molecular weight excluding hydrogens is 261 g/mol. The first-order chi connectivity index (χ1) is 8.86. The number of anilines is 2. The fourth-order valence-corrected chi connectivity index (χ4v) is 1.76. The molecule has 0 aliphatic rings. The zero-order valence-electron chi connectivity index (χ0n) is 10.7.